The number of carbonyl (C=O) groups is 2. The second-order valence-electron chi connectivity index (χ2n) is 11.8. The monoisotopic (exact) mass is 590 g/mol. The van der Waals surface area contributed by atoms with E-state index in [2.05, 4.69) is 66.1 Å². The van der Waals surface area contributed by atoms with E-state index in [-0.39, 0.29) is 30.6 Å². The second kappa shape index (κ2) is 20.7. The van der Waals surface area contributed by atoms with Crippen LogP contribution >= 0.6 is 0 Å². The van der Waals surface area contributed by atoms with Crippen LogP contribution in [0.5, 0.6) is 0 Å². The maximum Gasteiger partial charge on any atom is 0.407 e. The fourth-order valence-corrected chi connectivity index (χ4v) is 5.86. The van der Waals surface area contributed by atoms with Crippen LogP contribution in [0.2, 0.25) is 0 Å². The van der Waals surface area contributed by atoms with Gasteiger partial charge in [0.15, 0.2) is 0 Å². The molecule has 0 saturated carbocycles. The van der Waals surface area contributed by atoms with E-state index < -0.39 is 0 Å². The molecule has 3 rings (SSSR count). The topological polar surface area (TPSA) is 87.7 Å². The van der Waals surface area contributed by atoms with Crippen LogP contribution in [0.4, 0.5) is 4.79 Å². The molecule has 0 spiro atoms. The predicted octanol–water partition coefficient (Wildman–Crippen LogP) is 8.43. The summed E-state index contributed by atoms with van der Waals surface area (Å²) in [5.74, 6) is 0.144. The molecular weight excluding hydrogens is 536 g/mol. The molecule has 3 N–H and O–H groups in total. The van der Waals surface area contributed by atoms with Crippen molar-refractivity contribution in [3.05, 3.63) is 71.8 Å². The second-order valence-corrected chi connectivity index (χ2v) is 11.8. The number of ether oxygens (including phenoxy) is 1. The van der Waals surface area contributed by atoms with Crippen LogP contribution < -0.4 is 10.6 Å². The van der Waals surface area contributed by atoms with Crippen molar-refractivity contribution in [1.29, 1.82) is 0 Å². The molecule has 0 saturated heterocycles. The number of hydrogen-bond acceptors (Lipinski definition) is 4. The molecule has 236 valence electrons. The third kappa shape index (κ3) is 12.6. The zero-order chi connectivity index (χ0) is 30.5. The summed E-state index contributed by atoms with van der Waals surface area (Å²) < 4.78 is 5.61. The zero-order valence-corrected chi connectivity index (χ0v) is 26.3. The van der Waals surface area contributed by atoms with Gasteiger partial charge in [0.05, 0.1) is 12.6 Å². The quantitative estimate of drug-likeness (QED) is 0.0949. The van der Waals surface area contributed by atoms with E-state index in [1.54, 1.807) is 0 Å². The molecule has 43 heavy (non-hydrogen) atoms. The van der Waals surface area contributed by atoms with Crippen molar-refractivity contribution in [2.75, 3.05) is 19.8 Å². The number of unbranched alkanes of at least 4 members (excludes halogenated alkanes) is 11. The van der Waals surface area contributed by atoms with Gasteiger partial charge in [0.25, 0.3) is 0 Å². The highest BCUT2D eigenvalue weighted by atomic mass is 16.5. The fourth-order valence-electron chi connectivity index (χ4n) is 5.86. The number of rotatable bonds is 22. The van der Waals surface area contributed by atoms with Crippen molar-refractivity contribution in [3.8, 4) is 11.1 Å². The molecule has 6 heteroatoms. The van der Waals surface area contributed by atoms with Crippen LogP contribution in [-0.2, 0) is 9.53 Å². The van der Waals surface area contributed by atoms with Gasteiger partial charge in [0.2, 0.25) is 5.91 Å². The van der Waals surface area contributed by atoms with Crippen molar-refractivity contribution < 1.29 is 19.4 Å². The van der Waals surface area contributed by atoms with Crippen LogP contribution in [0.3, 0.4) is 0 Å². The van der Waals surface area contributed by atoms with Gasteiger partial charge in [-0.2, -0.15) is 0 Å². The summed E-state index contributed by atoms with van der Waals surface area (Å²) in [5, 5.41) is 15.4. The minimum atomic E-state index is -0.333. The first-order valence-corrected chi connectivity index (χ1v) is 16.8. The number of amides is 2. The van der Waals surface area contributed by atoms with Gasteiger partial charge < -0.3 is 20.5 Å². The maximum absolute atomic E-state index is 12.3. The Morgan fingerprint density at radius 2 is 1.42 bits per heavy atom. The number of allylic oxidation sites excluding steroid dienone is 1. The van der Waals surface area contributed by atoms with Crippen LogP contribution in [0, 0.1) is 0 Å². The van der Waals surface area contributed by atoms with Gasteiger partial charge in [-0.15, -0.1) is 0 Å². The van der Waals surface area contributed by atoms with Gasteiger partial charge in [-0.3, -0.25) is 4.79 Å². The van der Waals surface area contributed by atoms with E-state index in [1.165, 1.54) is 67.2 Å². The molecule has 0 aliphatic heterocycles. The highest BCUT2D eigenvalue weighted by molar-refractivity contribution is 5.79. The van der Waals surface area contributed by atoms with Crippen molar-refractivity contribution in [1.82, 2.24) is 10.6 Å². The lowest BCUT2D eigenvalue weighted by Crippen LogP contribution is -2.36. The summed E-state index contributed by atoms with van der Waals surface area (Å²) in [7, 11) is 0. The molecule has 0 bridgehead atoms. The summed E-state index contributed by atoms with van der Waals surface area (Å²) in [6.07, 6.45) is 19.9. The Morgan fingerprint density at radius 1 is 0.814 bits per heavy atom. The van der Waals surface area contributed by atoms with Crippen molar-refractivity contribution in [2.45, 2.75) is 115 Å². The maximum atomic E-state index is 12.3. The first-order valence-electron chi connectivity index (χ1n) is 16.8. The molecule has 2 aromatic carbocycles. The third-order valence-electron chi connectivity index (χ3n) is 8.34. The normalized spacial score (nSPS) is 13.1. The average molecular weight is 591 g/mol. The number of nitrogens with one attached hydrogen (secondary N) is 2. The van der Waals surface area contributed by atoms with E-state index in [0.29, 0.717) is 26.0 Å². The number of aliphatic hydroxyl groups excluding tert-OH is 1. The van der Waals surface area contributed by atoms with Crippen LogP contribution in [0.25, 0.3) is 11.1 Å². The lowest BCUT2D eigenvalue weighted by Gasteiger charge is -2.14. The standard InChI is InChI=1S/C37H54N2O4/c1-2-3-4-11-15-26-36(41)39-30(28-40)21-14-12-9-7-5-6-8-10-13-20-27-38-37(42)43-29-35-33-24-18-16-22-31(33)32-23-17-19-25-34(32)35/h12,14,16-19,22-25,30,35,40H,2-11,13,15,20-21,26-29H2,1H3,(H,38,42)(H,39,41)/b14-12+. The SMILES string of the molecule is CCCCCCCC(=O)NC(CO)C/C=C/CCCCCCCCCNC(=O)OCC1c2ccccc2-c2ccccc21. The summed E-state index contributed by atoms with van der Waals surface area (Å²) in [4.78, 5) is 24.4. The molecule has 1 atom stereocenters. The van der Waals surface area contributed by atoms with Gasteiger partial charge in [-0.25, -0.2) is 4.79 Å². The summed E-state index contributed by atoms with van der Waals surface area (Å²) in [6.45, 7) is 3.17. The molecule has 6 nitrogen and oxygen atoms in total. The number of benzene rings is 2. The summed E-state index contributed by atoms with van der Waals surface area (Å²) in [5.41, 5.74) is 4.93. The Bertz CT molecular complexity index is 1070. The Morgan fingerprint density at radius 3 is 2.09 bits per heavy atom. The lowest BCUT2D eigenvalue weighted by atomic mass is 9.98. The highest BCUT2D eigenvalue weighted by Gasteiger charge is 2.28. The minimum absolute atomic E-state index is 0.0207. The number of alkyl carbamates (subject to hydrolysis) is 1. The third-order valence-corrected chi connectivity index (χ3v) is 8.34. The minimum Gasteiger partial charge on any atom is -0.449 e. The van der Waals surface area contributed by atoms with E-state index in [9.17, 15) is 14.7 Å². The zero-order valence-electron chi connectivity index (χ0n) is 26.3. The van der Waals surface area contributed by atoms with Gasteiger partial charge in [0.1, 0.15) is 6.61 Å². The van der Waals surface area contributed by atoms with Gasteiger partial charge in [-0.1, -0.05) is 125 Å². The Hall–Kier alpha value is -3.12. The van der Waals surface area contributed by atoms with E-state index >= 15 is 0 Å². The van der Waals surface area contributed by atoms with Crippen molar-refractivity contribution in [3.63, 3.8) is 0 Å². The smallest absolute Gasteiger partial charge is 0.407 e. The molecule has 0 aromatic heterocycles. The van der Waals surface area contributed by atoms with Crippen LogP contribution in [-0.4, -0.2) is 42.9 Å². The molecule has 0 heterocycles. The molecule has 2 amide bonds. The predicted molar refractivity (Wildman–Crippen MR) is 176 cm³/mol. The van der Waals surface area contributed by atoms with Gasteiger partial charge >= 0.3 is 6.09 Å². The fraction of sp³-hybridized carbons (Fsp3) is 0.568. The molecule has 0 fully saturated rings. The lowest BCUT2D eigenvalue weighted by molar-refractivity contribution is -0.122. The van der Waals surface area contributed by atoms with Crippen LogP contribution in [0.15, 0.2) is 60.7 Å². The number of carbonyl (C=O) groups excluding carboxylic acids is 2. The molecule has 0 radical (unpaired) electrons. The first-order chi connectivity index (χ1) is 21.1. The number of fused-ring (bicyclic) bond motifs is 3. The molecule has 2 aromatic rings. The summed E-state index contributed by atoms with van der Waals surface area (Å²) in [6, 6.07) is 16.6. The summed E-state index contributed by atoms with van der Waals surface area (Å²) >= 11 is 0. The average Bonchev–Trinajstić information content (AvgIpc) is 3.35. The van der Waals surface area contributed by atoms with E-state index in [1.807, 2.05) is 12.1 Å². The van der Waals surface area contributed by atoms with Crippen molar-refractivity contribution in [2.24, 2.45) is 0 Å². The first kappa shape index (κ1) is 34.4. The van der Waals surface area contributed by atoms with Crippen molar-refractivity contribution >= 4 is 12.0 Å². The Labute approximate surface area is 259 Å². The Balaban J connectivity index is 1.14. The molecule has 1 unspecified atom stereocenters. The number of aliphatic hydroxyl groups is 1. The van der Waals surface area contributed by atoms with Crippen LogP contribution in [0.1, 0.15) is 120 Å². The molecule has 1 aliphatic rings. The van der Waals surface area contributed by atoms with Gasteiger partial charge in [-0.05, 0) is 54.4 Å². The largest absolute Gasteiger partial charge is 0.449 e. The van der Waals surface area contributed by atoms with E-state index in [4.69, 9.17) is 4.74 Å². The van der Waals surface area contributed by atoms with Gasteiger partial charge in [0, 0.05) is 18.9 Å². The molecular formula is C37H54N2O4. The number of hydrogen-bond donors (Lipinski definition) is 3. The highest BCUT2D eigenvalue weighted by Crippen LogP contribution is 2.44. The molecule has 1 aliphatic carbocycles. The van der Waals surface area contributed by atoms with E-state index in [0.717, 1.165) is 38.5 Å². The Kier molecular flexibility index (Phi) is 16.6.